The van der Waals surface area contributed by atoms with Crippen molar-refractivity contribution in [1.29, 1.82) is 0 Å². The molecule has 2 aliphatic rings. The van der Waals surface area contributed by atoms with Gasteiger partial charge in [0.05, 0.1) is 6.04 Å². The monoisotopic (exact) mass is 334 g/mol. The molecule has 122 valence electrons. The fourth-order valence-corrected chi connectivity index (χ4v) is 3.05. The van der Waals surface area contributed by atoms with E-state index in [1.165, 1.54) is 12.1 Å². The van der Waals surface area contributed by atoms with E-state index in [9.17, 15) is 18.0 Å². The summed E-state index contributed by atoms with van der Waals surface area (Å²) in [5, 5.41) is 3.16. The second kappa shape index (κ2) is 6.46. The van der Waals surface area contributed by atoms with Crippen LogP contribution >= 0.6 is 12.4 Å². The fraction of sp³-hybridized carbons (Fsp3) is 0.533. The molecule has 1 unspecified atom stereocenters. The number of carbonyl (C=O) groups excluding carboxylic acids is 1. The summed E-state index contributed by atoms with van der Waals surface area (Å²) in [6.45, 7) is 1.60. The van der Waals surface area contributed by atoms with Gasteiger partial charge in [0, 0.05) is 38.4 Å². The SMILES string of the molecule is Cl.O=C(C1CC(F)(F)C1)N1CCNCC1c1cccc(F)c1. The minimum absolute atomic E-state index is 0. The van der Waals surface area contributed by atoms with Crippen LogP contribution in [0.15, 0.2) is 24.3 Å². The molecule has 22 heavy (non-hydrogen) atoms. The van der Waals surface area contributed by atoms with E-state index in [0.717, 1.165) is 0 Å². The van der Waals surface area contributed by atoms with Gasteiger partial charge in [-0.05, 0) is 17.7 Å². The van der Waals surface area contributed by atoms with Gasteiger partial charge in [-0.15, -0.1) is 12.4 Å². The minimum Gasteiger partial charge on any atom is -0.333 e. The molecule has 1 saturated carbocycles. The summed E-state index contributed by atoms with van der Waals surface area (Å²) in [5.74, 6) is -3.91. The summed E-state index contributed by atoms with van der Waals surface area (Å²) in [4.78, 5) is 14.0. The largest absolute Gasteiger partial charge is 0.333 e. The number of alkyl halides is 2. The third-order valence-electron chi connectivity index (χ3n) is 4.20. The first-order chi connectivity index (χ1) is 9.96. The first-order valence-electron chi connectivity index (χ1n) is 7.11. The molecule has 1 aromatic carbocycles. The van der Waals surface area contributed by atoms with Crippen LogP contribution in [0.4, 0.5) is 13.2 Å². The summed E-state index contributed by atoms with van der Waals surface area (Å²) in [6, 6.07) is 5.80. The Morgan fingerprint density at radius 1 is 1.32 bits per heavy atom. The molecule has 1 aliphatic heterocycles. The van der Waals surface area contributed by atoms with Crippen LogP contribution in [0.3, 0.4) is 0 Å². The molecular formula is C15H18ClF3N2O. The van der Waals surface area contributed by atoms with Crippen molar-refractivity contribution in [3.63, 3.8) is 0 Å². The molecule has 3 rings (SSSR count). The lowest BCUT2D eigenvalue weighted by molar-refractivity contribution is -0.162. The van der Waals surface area contributed by atoms with Gasteiger partial charge in [0.25, 0.3) is 0 Å². The van der Waals surface area contributed by atoms with Crippen LogP contribution in [0.5, 0.6) is 0 Å². The van der Waals surface area contributed by atoms with Crippen LogP contribution in [-0.4, -0.2) is 36.4 Å². The molecular weight excluding hydrogens is 317 g/mol. The van der Waals surface area contributed by atoms with Crippen LogP contribution in [0.1, 0.15) is 24.4 Å². The predicted octanol–water partition coefficient (Wildman–Crippen LogP) is 2.77. The van der Waals surface area contributed by atoms with E-state index in [0.29, 0.717) is 25.2 Å². The molecule has 1 aliphatic carbocycles. The van der Waals surface area contributed by atoms with Gasteiger partial charge in [0.1, 0.15) is 5.82 Å². The second-order valence-electron chi connectivity index (χ2n) is 5.77. The zero-order valence-corrected chi connectivity index (χ0v) is 12.7. The molecule has 7 heteroatoms. The maximum atomic E-state index is 13.4. The van der Waals surface area contributed by atoms with Crippen LogP contribution in [-0.2, 0) is 4.79 Å². The number of halogens is 4. The summed E-state index contributed by atoms with van der Waals surface area (Å²) >= 11 is 0. The number of amides is 1. The lowest BCUT2D eigenvalue weighted by Crippen LogP contribution is -2.53. The first kappa shape index (κ1) is 17.1. The second-order valence-corrected chi connectivity index (χ2v) is 5.77. The van der Waals surface area contributed by atoms with E-state index in [1.807, 2.05) is 0 Å². The van der Waals surface area contributed by atoms with Gasteiger partial charge in [-0.2, -0.15) is 0 Å². The van der Waals surface area contributed by atoms with Crippen molar-refractivity contribution in [1.82, 2.24) is 10.2 Å². The molecule has 3 nitrogen and oxygen atoms in total. The molecule has 1 heterocycles. The molecule has 0 spiro atoms. The van der Waals surface area contributed by atoms with E-state index < -0.39 is 11.8 Å². The number of hydrogen-bond donors (Lipinski definition) is 1. The van der Waals surface area contributed by atoms with Crippen molar-refractivity contribution < 1.29 is 18.0 Å². The summed E-state index contributed by atoms with van der Waals surface area (Å²) in [7, 11) is 0. The Hall–Kier alpha value is -1.27. The standard InChI is InChI=1S/C15H17F3N2O.ClH/c16-12-3-1-2-10(6-12)13-9-19-4-5-20(13)14(21)11-7-15(17,18)8-11;/h1-3,6,11,13,19H,4-5,7-9H2;1H. The quantitative estimate of drug-likeness (QED) is 0.902. The topological polar surface area (TPSA) is 32.3 Å². The lowest BCUT2D eigenvalue weighted by atomic mass is 9.80. The molecule has 1 atom stereocenters. The maximum absolute atomic E-state index is 13.4. The first-order valence-corrected chi connectivity index (χ1v) is 7.11. The number of rotatable bonds is 2. The highest BCUT2D eigenvalue weighted by Crippen LogP contribution is 2.44. The van der Waals surface area contributed by atoms with Crippen molar-refractivity contribution in [2.24, 2.45) is 5.92 Å². The van der Waals surface area contributed by atoms with Crippen molar-refractivity contribution in [3.8, 4) is 0 Å². The third kappa shape index (κ3) is 3.38. The Morgan fingerprint density at radius 2 is 2.05 bits per heavy atom. The van der Waals surface area contributed by atoms with Gasteiger partial charge in [-0.3, -0.25) is 4.79 Å². The predicted molar refractivity (Wildman–Crippen MR) is 78.6 cm³/mol. The smallest absolute Gasteiger partial charge is 0.249 e. The van der Waals surface area contributed by atoms with E-state index in [1.54, 1.807) is 17.0 Å². The van der Waals surface area contributed by atoms with Gasteiger partial charge in [-0.25, -0.2) is 13.2 Å². The maximum Gasteiger partial charge on any atom is 0.249 e. The van der Waals surface area contributed by atoms with Gasteiger partial charge >= 0.3 is 0 Å². The van der Waals surface area contributed by atoms with E-state index in [2.05, 4.69) is 5.32 Å². The van der Waals surface area contributed by atoms with Gasteiger partial charge in [-0.1, -0.05) is 12.1 Å². The van der Waals surface area contributed by atoms with Crippen LogP contribution in [0.25, 0.3) is 0 Å². The van der Waals surface area contributed by atoms with Gasteiger partial charge < -0.3 is 10.2 Å². The molecule has 0 radical (unpaired) electrons. The fourth-order valence-electron chi connectivity index (χ4n) is 3.05. The molecule has 1 aromatic rings. The van der Waals surface area contributed by atoms with E-state index >= 15 is 0 Å². The summed E-state index contributed by atoms with van der Waals surface area (Å²) < 4.78 is 39.3. The molecule has 1 amide bonds. The molecule has 1 saturated heterocycles. The van der Waals surface area contributed by atoms with Crippen molar-refractivity contribution in [2.45, 2.75) is 24.8 Å². The van der Waals surface area contributed by atoms with Gasteiger partial charge in [0.2, 0.25) is 11.8 Å². The Labute approximate surface area is 133 Å². The number of carbonyl (C=O) groups is 1. The van der Waals surface area contributed by atoms with Crippen molar-refractivity contribution in [2.75, 3.05) is 19.6 Å². The Balaban J connectivity index is 0.00000176. The molecule has 0 aromatic heterocycles. The number of piperazine rings is 1. The average molecular weight is 335 g/mol. The Bertz CT molecular complexity index is 547. The summed E-state index contributed by atoms with van der Waals surface area (Å²) in [5.41, 5.74) is 0.696. The number of hydrogen-bond acceptors (Lipinski definition) is 2. The Kier molecular flexibility index (Phi) is 5.02. The highest BCUT2D eigenvalue weighted by Gasteiger charge is 2.50. The number of benzene rings is 1. The normalized spacial score (nSPS) is 24.3. The summed E-state index contributed by atoms with van der Waals surface area (Å²) in [6.07, 6.45) is -0.739. The van der Waals surface area contributed by atoms with Gasteiger partial charge in [0.15, 0.2) is 0 Å². The molecule has 2 fully saturated rings. The van der Waals surface area contributed by atoms with Crippen LogP contribution in [0, 0.1) is 11.7 Å². The van der Waals surface area contributed by atoms with Crippen molar-refractivity contribution in [3.05, 3.63) is 35.6 Å². The lowest BCUT2D eigenvalue weighted by Gasteiger charge is -2.42. The average Bonchev–Trinajstić information content (AvgIpc) is 2.44. The molecule has 0 bridgehead atoms. The zero-order chi connectivity index (χ0) is 15.0. The highest BCUT2D eigenvalue weighted by atomic mass is 35.5. The minimum atomic E-state index is -2.71. The van der Waals surface area contributed by atoms with Crippen LogP contribution < -0.4 is 5.32 Å². The van der Waals surface area contributed by atoms with E-state index in [4.69, 9.17) is 0 Å². The highest BCUT2D eigenvalue weighted by molar-refractivity contribution is 5.85. The van der Waals surface area contributed by atoms with Crippen molar-refractivity contribution >= 4 is 18.3 Å². The van der Waals surface area contributed by atoms with E-state index in [-0.39, 0.29) is 43.0 Å². The number of nitrogens with zero attached hydrogens (tertiary/aromatic N) is 1. The number of nitrogens with one attached hydrogen (secondary N) is 1. The molecule has 1 N–H and O–H groups in total. The Morgan fingerprint density at radius 3 is 2.68 bits per heavy atom. The zero-order valence-electron chi connectivity index (χ0n) is 11.9. The third-order valence-corrected chi connectivity index (χ3v) is 4.20. The van der Waals surface area contributed by atoms with Crippen LogP contribution in [0.2, 0.25) is 0 Å².